The van der Waals surface area contributed by atoms with Gasteiger partial charge in [0, 0.05) is 6.92 Å². The van der Waals surface area contributed by atoms with Crippen LogP contribution in [0, 0.1) is 6.92 Å². The number of nitrogens with zero attached hydrogens (tertiary/aromatic N) is 2. The quantitative estimate of drug-likeness (QED) is 0.579. The molecule has 5 nitrogen and oxygen atoms in total. The van der Waals surface area contributed by atoms with E-state index in [-0.39, 0.29) is 11.7 Å². The molecule has 1 aromatic heterocycles. The number of aromatic nitrogens is 2. The smallest absolute Gasteiger partial charge is 0.379 e. The van der Waals surface area contributed by atoms with Crippen LogP contribution in [0.5, 0.6) is 0 Å². The van der Waals surface area contributed by atoms with Crippen LogP contribution in [0.4, 0.5) is 0 Å². The number of rotatable bonds is 2. The van der Waals surface area contributed by atoms with Crippen LogP contribution in [0.15, 0.2) is 4.52 Å². The van der Waals surface area contributed by atoms with E-state index in [1.54, 1.807) is 6.92 Å². The van der Waals surface area contributed by atoms with Crippen molar-refractivity contribution in [3.63, 3.8) is 0 Å². The molecule has 0 N–H and O–H groups in total. The molecule has 0 aliphatic carbocycles. The first-order valence-corrected chi connectivity index (χ1v) is 3.07. The first kappa shape index (κ1) is 7.71. The lowest BCUT2D eigenvalue weighted by molar-refractivity contribution is 0.0508. The van der Waals surface area contributed by atoms with Gasteiger partial charge in [0.05, 0.1) is 6.61 Å². The van der Waals surface area contributed by atoms with E-state index in [1.807, 2.05) is 0 Å². The van der Waals surface area contributed by atoms with E-state index >= 15 is 0 Å². The summed E-state index contributed by atoms with van der Waals surface area (Å²) < 4.78 is 9.05. The van der Waals surface area contributed by atoms with Crippen LogP contribution in [-0.2, 0) is 4.74 Å². The van der Waals surface area contributed by atoms with Gasteiger partial charge in [-0.1, -0.05) is 0 Å². The second-order valence-corrected chi connectivity index (χ2v) is 1.73. The number of hydrogen-bond acceptors (Lipinski definition) is 5. The summed E-state index contributed by atoms with van der Waals surface area (Å²) in [7, 11) is 0. The third-order valence-electron chi connectivity index (χ3n) is 0.926. The van der Waals surface area contributed by atoms with E-state index in [0.29, 0.717) is 6.61 Å². The Morgan fingerprint density at radius 1 is 1.82 bits per heavy atom. The highest BCUT2D eigenvalue weighted by molar-refractivity contribution is 5.84. The van der Waals surface area contributed by atoms with Crippen LogP contribution in [0.25, 0.3) is 0 Å². The third-order valence-corrected chi connectivity index (χ3v) is 0.926. The molecule has 0 aliphatic rings. The van der Waals surface area contributed by atoms with Gasteiger partial charge in [0.1, 0.15) is 0 Å². The summed E-state index contributed by atoms with van der Waals surface area (Å²) in [6.45, 7) is 5.32. The molecule has 1 rings (SSSR count). The minimum Gasteiger partial charge on any atom is -0.460 e. The van der Waals surface area contributed by atoms with E-state index in [9.17, 15) is 4.79 Å². The van der Waals surface area contributed by atoms with Gasteiger partial charge in [-0.2, -0.15) is 4.98 Å². The molecule has 0 atom stereocenters. The molecule has 59 valence electrons. The standard InChI is InChI=1S/C6H7N2O3/c1-3-10-6(9)5-7-4(2)11-8-5/h2-3H2,1H3. The minimum atomic E-state index is -0.592. The summed E-state index contributed by atoms with van der Waals surface area (Å²) in [6, 6.07) is 0. The number of carbonyl (C=O) groups excluding carboxylic acids is 1. The van der Waals surface area contributed by atoms with Crippen molar-refractivity contribution in [1.29, 1.82) is 0 Å². The van der Waals surface area contributed by atoms with Gasteiger partial charge in [-0.05, 0) is 12.1 Å². The highest BCUT2D eigenvalue weighted by Crippen LogP contribution is 1.96. The Hall–Kier alpha value is -1.39. The SMILES string of the molecule is [CH2]c1nc(C(=O)OCC)no1. The maximum atomic E-state index is 10.8. The second kappa shape index (κ2) is 3.14. The van der Waals surface area contributed by atoms with E-state index in [4.69, 9.17) is 0 Å². The molecule has 0 aromatic carbocycles. The van der Waals surface area contributed by atoms with Gasteiger partial charge in [0.2, 0.25) is 5.89 Å². The fourth-order valence-corrected chi connectivity index (χ4v) is 0.533. The van der Waals surface area contributed by atoms with Crippen LogP contribution in [0.2, 0.25) is 0 Å². The fourth-order valence-electron chi connectivity index (χ4n) is 0.533. The predicted octanol–water partition coefficient (Wildman–Crippen LogP) is 0.428. The molecule has 1 heterocycles. The zero-order chi connectivity index (χ0) is 8.27. The Labute approximate surface area is 63.4 Å². The van der Waals surface area contributed by atoms with Gasteiger partial charge >= 0.3 is 5.97 Å². The van der Waals surface area contributed by atoms with E-state index in [0.717, 1.165) is 0 Å². The largest absolute Gasteiger partial charge is 0.460 e. The van der Waals surface area contributed by atoms with E-state index in [1.165, 1.54) is 0 Å². The van der Waals surface area contributed by atoms with Gasteiger partial charge in [0.25, 0.3) is 5.82 Å². The highest BCUT2D eigenvalue weighted by atomic mass is 16.5. The first-order chi connectivity index (χ1) is 5.24. The van der Waals surface area contributed by atoms with Crippen LogP contribution in [0.1, 0.15) is 23.4 Å². The Balaban J connectivity index is 2.69. The molecule has 0 fully saturated rings. The molecule has 1 radical (unpaired) electrons. The molecule has 0 saturated heterocycles. The Bertz CT molecular complexity index is 256. The molecule has 0 saturated carbocycles. The monoisotopic (exact) mass is 155 g/mol. The van der Waals surface area contributed by atoms with Crippen molar-refractivity contribution in [2.24, 2.45) is 0 Å². The van der Waals surface area contributed by atoms with E-state index < -0.39 is 5.97 Å². The molecular weight excluding hydrogens is 148 g/mol. The van der Waals surface area contributed by atoms with Gasteiger partial charge in [-0.15, -0.1) is 0 Å². The van der Waals surface area contributed by atoms with Crippen molar-refractivity contribution in [3.8, 4) is 0 Å². The molecule has 1 aromatic rings. The average molecular weight is 155 g/mol. The average Bonchev–Trinajstić information content (AvgIpc) is 2.36. The molecular formula is C6H7N2O3. The van der Waals surface area contributed by atoms with Crippen LogP contribution < -0.4 is 0 Å². The Kier molecular flexibility index (Phi) is 2.20. The van der Waals surface area contributed by atoms with Crippen LogP contribution in [-0.4, -0.2) is 22.7 Å². The third kappa shape index (κ3) is 1.76. The van der Waals surface area contributed by atoms with Crippen molar-refractivity contribution in [1.82, 2.24) is 10.1 Å². The van der Waals surface area contributed by atoms with Gasteiger partial charge in [-0.3, -0.25) is 0 Å². The fraction of sp³-hybridized carbons (Fsp3) is 0.333. The molecule has 0 unspecified atom stereocenters. The molecule has 0 bridgehead atoms. The maximum Gasteiger partial charge on any atom is 0.379 e. The highest BCUT2D eigenvalue weighted by Gasteiger charge is 2.12. The topological polar surface area (TPSA) is 65.2 Å². The second-order valence-electron chi connectivity index (χ2n) is 1.73. The van der Waals surface area contributed by atoms with Crippen molar-refractivity contribution in [2.45, 2.75) is 6.92 Å². The zero-order valence-electron chi connectivity index (χ0n) is 6.03. The Morgan fingerprint density at radius 2 is 2.55 bits per heavy atom. The lowest BCUT2D eigenvalue weighted by Crippen LogP contribution is -2.06. The molecule has 0 spiro atoms. The maximum absolute atomic E-state index is 10.8. The predicted molar refractivity (Wildman–Crippen MR) is 34.7 cm³/mol. The summed E-state index contributed by atoms with van der Waals surface area (Å²) >= 11 is 0. The number of esters is 1. The van der Waals surface area contributed by atoms with Gasteiger partial charge < -0.3 is 9.26 Å². The summed E-state index contributed by atoms with van der Waals surface area (Å²) in [6.07, 6.45) is 0. The van der Waals surface area contributed by atoms with Crippen molar-refractivity contribution < 1.29 is 14.1 Å². The minimum absolute atomic E-state index is 0.0862. The first-order valence-electron chi connectivity index (χ1n) is 3.07. The Morgan fingerprint density at radius 3 is 3.00 bits per heavy atom. The molecule has 0 amide bonds. The van der Waals surface area contributed by atoms with Gasteiger partial charge in [-0.25, -0.2) is 4.79 Å². The lowest BCUT2D eigenvalue weighted by atomic mass is 10.6. The summed E-state index contributed by atoms with van der Waals surface area (Å²) in [5.74, 6) is -0.573. The summed E-state index contributed by atoms with van der Waals surface area (Å²) in [5.41, 5.74) is 0. The summed E-state index contributed by atoms with van der Waals surface area (Å²) in [4.78, 5) is 14.4. The molecule has 0 aliphatic heterocycles. The number of ether oxygens (including phenoxy) is 1. The number of hydrogen-bond donors (Lipinski definition) is 0. The van der Waals surface area contributed by atoms with Crippen molar-refractivity contribution in [3.05, 3.63) is 18.6 Å². The molecule has 11 heavy (non-hydrogen) atoms. The van der Waals surface area contributed by atoms with E-state index in [2.05, 4.69) is 26.3 Å². The normalized spacial score (nSPS) is 9.64. The van der Waals surface area contributed by atoms with Gasteiger partial charge in [0.15, 0.2) is 0 Å². The van der Waals surface area contributed by atoms with Crippen LogP contribution >= 0.6 is 0 Å². The van der Waals surface area contributed by atoms with Crippen molar-refractivity contribution >= 4 is 5.97 Å². The van der Waals surface area contributed by atoms with Crippen LogP contribution in [0.3, 0.4) is 0 Å². The molecule has 5 heteroatoms. The summed E-state index contributed by atoms with van der Waals surface area (Å²) in [5, 5.41) is 3.31. The number of carbonyl (C=O) groups is 1. The zero-order valence-corrected chi connectivity index (χ0v) is 6.03. The van der Waals surface area contributed by atoms with Crippen molar-refractivity contribution in [2.75, 3.05) is 6.61 Å². The lowest BCUT2D eigenvalue weighted by Gasteiger charge is -1.93.